The molecule has 1 aromatic rings. The maximum atomic E-state index is 12.2. The van der Waals surface area contributed by atoms with Gasteiger partial charge in [0, 0.05) is 43.5 Å². The highest BCUT2D eigenvalue weighted by molar-refractivity contribution is 5.76. The molecule has 1 amide bonds. The Morgan fingerprint density at radius 2 is 2.23 bits per heavy atom. The van der Waals surface area contributed by atoms with Crippen LogP contribution in [0.25, 0.3) is 0 Å². The Kier molecular flexibility index (Phi) is 4.45. The Hall–Kier alpha value is -1.46. The molecule has 1 aliphatic carbocycles. The molecule has 22 heavy (non-hydrogen) atoms. The summed E-state index contributed by atoms with van der Waals surface area (Å²) in [4.78, 5) is 16.3. The molecule has 2 aliphatic rings. The predicted molar refractivity (Wildman–Crippen MR) is 82.3 cm³/mol. The van der Waals surface area contributed by atoms with Gasteiger partial charge in [0.1, 0.15) is 0 Å². The van der Waals surface area contributed by atoms with Crippen LogP contribution in [0.3, 0.4) is 0 Å². The van der Waals surface area contributed by atoms with E-state index in [2.05, 4.69) is 16.4 Å². The van der Waals surface area contributed by atoms with Gasteiger partial charge in [0.15, 0.2) is 0 Å². The van der Waals surface area contributed by atoms with Crippen LogP contribution in [0.2, 0.25) is 0 Å². The highest BCUT2D eigenvalue weighted by Gasteiger charge is 2.55. The number of ether oxygens (including phenoxy) is 1. The molecule has 1 aromatic heterocycles. The van der Waals surface area contributed by atoms with E-state index in [1.807, 2.05) is 19.3 Å². The van der Waals surface area contributed by atoms with Gasteiger partial charge in [0.25, 0.3) is 0 Å². The largest absolute Gasteiger partial charge is 0.392 e. The number of aliphatic hydroxyl groups is 1. The van der Waals surface area contributed by atoms with Crippen LogP contribution in [0.15, 0.2) is 18.5 Å². The molecule has 1 saturated heterocycles. The average molecular weight is 304 g/mol. The van der Waals surface area contributed by atoms with Gasteiger partial charge in [0.05, 0.1) is 6.10 Å². The summed E-state index contributed by atoms with van der Waals surface area (Å²) in [6.07, 6.45) is 6.82. The summed E-state index contributed by atoms with van der Waals surface area (Å²) >= 11 is 0. The lowest BCUT2D eigenvalue weighted by Crippen LogP contribution is -2.65. The molecule has 2 fully saturated rings. The lowest BCUT2D eigenvalue weighted by Gasteiger charge is -2.55. The standard InChI is InChI=1S/C17H24N2O3/c1-12-8-13(11-18-10-12)2-3-16(21)19-14-9-15(20)17(14)4-6-22-7-5-17/h8,10-11,14-15,20H,2-7,9H2,1H3,(H,19,21)/t14-,15-/m1/s1. The van der Waals surface area contributed by atoms with Gasteiger partial charge in [-0.05, 0) is 43.7 Å². The second kappa shape index (κ2) is 6.34. The first-order valence-corrected chi connectivity index (χ1v) is 8.06. The molecule has 0 aromatic carbocycles. The summed E-state index contributed by atoms with van der Waals surface area (Å²) in [5.74, 6) is 0.0595. The minimum atomic E-state index is -0.303. The Morgan fingerprint density at radius 1 is 1.45 bits per heavy atom. The van der Waals surface area contributed by atoms with Crippen LogP contribution in [0.1, 0.15) is 36.8 Å². The third kappa shape index (κ3) is 3.01. The van der Waals surface area contributed by atoms with E-state index in [1.54, 1.807) is 0 Å². The fraction of sp³-hybridized carbons (Fsp3) is 0.647. The second-order valence-electron chi connectivity index (χ2n) is 6.59. The second-order valence-corrected chi connectivity index (χ2v) is 6.59. The third-order valence-corrected chi connectivity index (χ3v) is 5.15. The SMILES string of the molecule is Cc1cncc(CCC(=O)N[C@@H]2C[C@@H](O)C23CCOCC3)c1. The van der Waals surface area contributed by atoms with Gasteiger partial charge in [-0.3, -0.25) is 9.78 Å². The average Bonchev–Trinajstić information content (AvgIpc) is 2.53. The number of aromatic nitrogens is 1. The van der Waals surface area contributed by atoms with Crippen molar-refractivity contribution in [2.45, 2.75) is 51.2 Å². The van der Waals surface area contributed by atoms with Crippen LogP contribution in [0.5, 0.6) is 0 Å². The molecule has 2 atom stereocenters. The third-order valence-electron chi connectivity index (χ3n) is 5.15. The number of amides is 1. The molecule has 1 saturated carbocycles. The minimum absolute atomic E-state index is 0.0595. The zero-order valence-electron chi connectivity index (χ0n) is 13.0. The van der Waals surface area contributed by atoms with Gasteiger partial charge >= 0.3 is 0 Å². The van der Waals surface area contributed by atoms with Crippen molar-refractivity contribution in [1.29, 1.82) is 0 Å². The van der Waals surface area contributed by atoms with Crippen molar-refractivity contribution >= 4 is 5.91 Å². The summed E-state index contributed by atoms with van der Waals surface area (Å²) in [6.45, 7) is 3.36. The van der Waals surface area contributed by atoms with Gasteiger partial charge in [-0.1, -0.05) is 6.07 Å². The molecule has 120 valence electrons. The number of hydrogen-bond acceptors (Lipinski definition) is 4. The van der Waals surface area contributed by atoms with Crippen molar-refractivity contribution in [1.82, 2.24) is 10.3 Å². The first-order valence-electron chi connectivity index (χ1n) is 8.06. The molecule has 5 heteroatoms. The van der Waals surface area contributed by atoms with Crippen LogP contribution in [-0.4, -0.2) is 41.4 Å². The Labute approximate surface area is 131 Å². The zero-order valence-corrected chi connectivity index (χ0v) is 13.0. The number of pyridine rings is 1. The molecule has 0 unspecified atom stereocenters. The lowest BCUT2D eigenvalue weighted by atomic mass is 9.58. The van der Waals surface area contributed by atoms with Crippen molar-refractivity contribution in [2.75, 3.05) is 13.2 Å². The van der Waals surface area contributed by atoms with Crippen molar-refractivity contribution in [3.8, 4) is 0 Å². The molecule has 2 N–H and O–H groups in total. The molecule has 1 spiro atoms. The van der Waals surface area contributed by atoms with Crippen LogP contribution >= 0.6 is 0 Å². The summed E-state index contributed by atoms with van der Waals surface area (Å²) in [5.41, 5.74) is 2.05. The summed E-state index contributed by atoms with van der Waals surface area (Å²) in [7, 11) is 0. The normalized spacial score (nSPS) is 26.5. The fourth-order valence-electron chi connectivity index (χ4n) is 3.68. The van der Waals surface area contributed by atoms with Crippen LogP contribution in [0.4, 0.5) is 0 Å². The quantitative estimate of drug-likeness (QED) is 0.881. The van der Waals surface area contributed by atoms with E-state index in [9.17, 15) is 9.90 Å². The highest BCUT2D eigenvalue weighted by Crippen LogP contribution is 2.48. The zero-order chi connectivity index (χ0) is 15.6. The predicted octanol–water partition coefficient (Wildman–Crippen LogP) is 1.37. The molecular weight excluding hydrogens is 280 g/mol. The molecule has 3 rings (SSSR count). The molecule has 2 heterocycles. The fourth-order valence-corrected chi connectivity index (χ4v) is 3.68. The maximum Gasteiger partial charge on any atom is 0.220 e. The van der Waals surface area contributed by atoms with Crippen molar-refractivity contribution < 1.29 is 14.6 Å². The summed E-state index contributed by atoms with van der Waals surface area (Å²) < 4.78 is 5.39. The number of aryl methyl sites for hydroxylation is 2. The Morgan fingerprint density at radius 3 is 2.91 bits per heavy atom. The number of aliphatic hydroxyl groups excluding tert-OH is 1. The maximum absolute atomic E-state index is 12.2. The number of nitrogens with one attached hydrogen (secondary N) is 1. The molecule has 1 aliphatic heterocycles. The van der Waals surface area contributed by atoms with E-state index in [4.69, 9.17) is 4.74 Å². The molecule has 5 nitrogen and oxygen atoms in total. The molecule has 0 radical (unpaired) electrons. The number of nitrogens with zero attached hydrogens (tertiary/aromatic N) is 1. The van der Waals surface area contributed by atoms with E-state index in [0.717, 1.165) is 24.0 Å². The first-order chi connectivity index (χ1) is 10.6. The minimum Gasteiger partial charge on any atom is -0.392 e. The van der Waals surface area contributed by atoms with Gasteiger partial charge in [0.2, 0.25) is 5.91 Å². The van der Waals surface area contributed by atoms with Gasteiger partial charge in [-0.15, -0.1) is 0 Å². The monoisotopic (exact) mass is 304 g/mol. The van der Waals surface area contributed by atoms with Crippen LogP contribution in [0, 0.1) is 12.3 Å². The van der Waals surface area contributed by atoms with E-state index in [1.165, 1.54) is 0 Å². The first kappa shape index (κ1) is 15.4. The van der Waals surface area contributed by atoms with E-state index in [-0.39, 0.29) is 23.5 Å². The topological polar surface area (TPSA) is 71.5 Å². The van der Waals surface area contributed by atoms with Crippen LogP contribution in [-0.2, 0) is 16.0 Å². The number of carbonyl (C=O) groups is 1. The van der Waals surface area contributed by atoms with Gasteiger partial charge in [-0.2, -0.15) is 0 Å². The molecule has 0 bridgehead atoms. The van der Waals surface area contributed by atoms with Crippen LogP contribution < -0.4 is 5.32 Å². The van der Waals surface area contributed by atoms with E-state index in [0.29, 0.717) is 32.5 Å². The molecular formula is C17H24N2O3. The van der Waals surface area contributed by atoms with Gasteiger partial charge < -0.3 is 15.2 Å². The van der Waals surface area contributed by atoms with Crippen molar-refractivity contribution in [2.24, 2.45) is 5.41 Å². The summed E-state index contributed by atoms with van der Waals surface area (Å²) in [5, 5.41) is 13.2. The van der Waals surface area contributed by atoms with Gasteiger partial charge in [-0.25, -0.2) is 0 Å². The summed E-state index contributed by atoms with van der Waals surface area (Å²) in [6, 6.07) is 2.16. The van der Waals surface area contributed by atoms with E-state index < -0.39 is 0 Å². The number of carbonyl (C=O) groups excluding carboxylic acids is 1. The smallest absolute Gasteiger partial charge is 0.220 e. The Bertz CT molecular complexity index is 540. The highest BCUT2D eigenvalue weighted by atomic mass is 16.5. The van der Waals surface area contributed by atoms with Crippen molar-refractivity contribution in [3.63, 3.8) is 0 Å². The Balaban J connectivity index is 1.51. The number of rotatable bonds is 4. The van der Waals surface area contributed by atoms with E-state index >= 15 is 0 Å². The van der Waals surface area contributed by atoms with Crippen molar-refractivity contribution in [3.05, 3.63) is 29.6 Å². The number of hydrogen-bond donors (Lipinski definition) is 2. The lowest BCUT2D eigenvalue weighted by molar-refractivity contribution is -0.156.